The average Bonchev–Trinajstić information content (AvgIpc) is 4.11. The molecule has 5 nitrogen and oxygen atoms in total. The maximum absolute atomic E-state index is 10.8. The molecule has 0 spiro atoms. The molecule has 2 aliphatic heterocycles. The molecule has 2 saturated heterocycles. The largest absolute Gasteiger partial charge is 0.378 e. The molecule has 0 bridgehead atoms. The third-order valence-corrected chi connectivity index (χ3v) is 13.3. The molecular formula is C59H102ClNO4S. The Kier molecular flexibility index (Phi) is 38.1. The highest BCUT2D eigenvalue weighted by Gasteiger charge is 2.19. The summed E-state index contributed by atoms with van der Waals surface area (Å²) in [5.41, 5.74) is 4.06. The van der Waals surface area contributed by atoms with Crippen molar-refractivity contribution >= 4 is 34.6 Å². The average molecular weight is 957 g/mol. The predicted octanol–water partition coefficient (Wildman–Crippen LogP) is 17.9. The monoisotopic (exact) mass is 956 g/mol. The van der Waals surface area contributed by atoms with Gasteiger partial charge in [-0.1, -0.05) is 196 Å². The van der Waals surface area contributed by atoms with E-state index < -0.39 is 0 Å². The minimum Gasteiger partial charge on any atom is -0.378 e. The second-order valence-corrected chi connectivity index (χ2v) is 22.4. The Balaban J connectivity index is 0. The first-order chi connectivity index (χ1) is 30.8. The maximum Gasteiger partial charge on any atom is 0.224 e. The standard InChI is InChI=1S/C10H14.C9H11Cl.C8H16.2C7H14O.C7H10S.C6H13NO.C5H10O/c1-8(2)10-6-4-9(3)5-7-10;1-7(2)8-4-3-5-9(10)6-8;1-7(2)8-5-3-4-6-8;3*1-6(2)7-4-3-5-8-7;1-5(2)6(8)7(3)4;1-4(2)5(3)6/h4-8H,1-3H3;3-7H,1-2H3;7-8H,3-6H2,1-2H3;2*6-7H,3-5H2,1-2H3;3-6H,1-2H3;5H,1-4H3;4H,1-3H3/t;;;2*7-;;;/m...10.../s1. The Morgan fingerprint density at radius 1 is 0.591 bits per heavy atom. The van der Waals surface area contributed by atoms with Gasteiger partial charge in [0.2, 0.25) is 5.91 Å². The van der Waals surface area contributed by atoms with Crippen LogP contribution in [0.5, 0.6) is 0 Å². The van der Waals surface area contributed by atoms with Gasteiger partial charge in [0.1, 0.15) is 5.78 Å². The molecule has 0 unspecified atom stereocenters. The number of halogens is 1. The topological polar surface area (TPSA) is 55.8 Å². The van der Waals surface area contributed by atoms with Crippen LogP contribution in [0.2, 0.25) is 5.02 Å². The number of carbonyl (C=O) groups is 2. The van der Waals surface area contributed by atoms with Gasteiger partial charge in [0.15, 0.2) is 0 Å². The Morgan fingerprint density at radius 3 is 1.27 bits per heavy atom. The summed E-state index contributed by atoms with van der Waals surface area (Å²) < 4.78 is 10.8. The lowest BCUT2D eigenvalue weighted by molar-refractivity contribution is -0.131. The number of ether oxygens (including phenoxy) is 2. The number of hydrogen-bond donors (Lipinski definition) is 0. The molecule has 1 amide bonds. The summed E-state index contributed by atoms with van der Waals surface area (Å²) in [6, 6.07) is 21.0. The SMILES string of the molecule is CC(=O)C(C)C.CC(C)C(=O)N(C)C.CC(C)C1CCCC1.CC(C)[C@@H]1CCCO1.CC(C)[C@H]1CCCO1.CC(C)c1cccc(Cl)c1.CC(C)c1cccs1.Cc1ccc(C(C)C)cc1. The second-order valence-electron chi connectivity index (χ2n) is 21.0. The molecule has 6 rings (SSSR count). The van der Waals surface area contributed by atoms with Crippen LogP contribution in [-0.2, 0) is 19.1 Å². The summed E-state index contributed by atoms with van der Waals surface area (Å²) >= 11 is 7.62. The van der Waals surface area contributed by atoms with Crippen molar-refractivity contribution in [2.45, 2.75) is 206 Å². The van der Waals surface area contributed by atoms with Crippen molar-refractivity contribution < 1.29 is 19.1 Å². The van der Waals surface area contributed by atoms with E-state index in [1.54, 1.807) is 25.9 Å². The van der Waals surface area contributed by atoms with Crippen LogP contribution in [-0.4, -0.2) is 56.1 Å². The molecule has 3 aliphatic rings. The number of thiophene rings is 1. The van der Waals surface area contributed by atoms with Crippen LogP contribution >= 0.6 is 22.9 Å². The van der Waals surface area contributed by atoms with E-state index in [4.69, 9.17) is 21.1 Å². The molecule has 3 aromatic rings. The minimum absolute atomic E-state index is 0.130. The van der Waals surface area contributed by atoms with Crippen molar-refractivity contribution in [2.75, 3.05) is 27.3 Å². The van der Waals surface area contributed by atoms with Crippen LogP contribution in [0.25, 0.3) is 0 Å². The zero-order chi connectivity index (χ0) is 50.9. The Labute approximate surface area is 418 Å². The molecule has 2 atom stereocenters. The first kappa shape index (κ1) is 65.6. The number of nitrogens with zero attached hydrogens (tertiary/aromatic N) is 1. The van der Waals surface area contributed by atoms with Crippen molar-refractivity contribution in [1.29, 1.82) is 0 Å². The van der Waals surface area contributed by atoms with Crippen molar-refractivity contribution in [3.8, 4) is 0 Å². The van der Waals surface area contributed by atoms with Crippen molar-refractivity contribution in [1.82, 2.24) is 4.90 Å². The van der Waals surface area contributed by atoms with E-state index in [9.17, 15) is 9.59 Å². The van der Waals surface area contributed by atoms with E-state index in [1.807, 2.05) is 57.2 Å². The fourth-order valence-electron chi connectivity index (χ4n) is 6.83. The molecule has 1 aromatic heterocycles. The van der Waals surface area contributed by atoms with E-state index in [2.05, 4.69) is 138 Å². The van der Waals surface area contributed by atoms with Gasteiger partial charge in [0, 0.05) is 49.0 Å². The first-order valence-electron chi connectivity index (χ1n) is 25.6. The lowest BCUT2D eigenvalue weighted by atomic mass is 9.95. The number of benzene rings is 2. The van der Waals surface area contributed by atoms with E-state index >= 15 is 0 Å². The summed E-state index contributed by atoms with van der Waals surface area (Å²) in [7, 11) is 3.53. The summed E-state index contributed by atoms with van der Waals surface area (Å²) in [5.74, 6) is 6.16. The normalized spacial score (nSPS) is 16.4. The van der Waals surface area contributed by atoms with Gasteiger partial charge in [-0.2, -0.15) is 0 Å². The molecule has 66 heavy (non-hydrogen) atoms. The van der Waals surface area contributed by atoms with Gasteiger partial charge in [0.05, 0.1) is 12.2 Å². The van der Waals surface area contributed by atoms with Gasteiger partial charge in [0.25, 0.3) is 0 Å². The first-order valence-corrected chi connectivity index (χ1v) is 26.9. The Morgan fingerprint density at radius 2 is 1.06 bits per heavy atom. The van der Waals surface area contributed by atoms with E-state index in [0.717, 1.165) is 41.9 Å². The van der Waals surface area contributed by atoms with Crippen LogP contribution in [0.3, 0.4) is 0 Å². The van der Waals surface area contributed by atoms with E-state index in [1.165, 1.54) is 72.9 Å². The quantitative estimate of drug-likeness (QED) is 0.226. The number of aryl methyl sites for hydroxylation is 1. The number of rotatable bonds is 8. The van der Waals surface area contributed by atoms with Crippen LogP contribution in [0.1, 0.15) is 208 Å². The second kappa shape index (κ2) is 38.4. The molecule has 0 N–H and O–H groups in total. The van der Waals surface area contributed by atoms with Crippen molar-refractivity contribution in [2.24, 2.45) is 35.5 Å². The third-order valence-electron chi connectivity index (χ3n) is 11.9. The number of ketones is 1. The zero-order valence-corrected chi connectivity index (χ0v) is 47.7. The number of Topliss-reactive ketones (excluding diaryl/α,β-unsaturated/α-hetero) is 1. The summed E-state index contributed by atoms with van der Waals surface area (Å²) in [6.07, 6.45) is 12.2. The fourth-order valence-corrected chi connectivity index (χ4v) is 7.78. The lowest BCUT2D eigenvalue weighted by Crippen LogP contribution is -2.26. The fraction of sp³-hybridized carbons (Fsp3) is 0.695. The highest BCUT2D eigenvalue weighted by molar-refractivity contribution is 7.10. The highest BCUT2D eigenvalue weighted by Crippen LogP contribution is 2.30. The van der Waals surface area contributed by atoms with Gasteiger partial charge in [-0.15, -0.1) is 11.3 Å². The number of carbonyl (C=O) groups excluding carboxylic acids is 2. The van der Waals surface area contributed by atoms with Crippen LogP contribution in [0.4, 0.5) is 0 Å². The Bertz CT molecular complexity index is 1520. The molecular weight excluding hydrogens is 854 g/mol. The summed E-state index contributed by atoms with van der Waals surface area (Å²) in [6.45, 7) is 40.0. The number of hydrogen-bond acceptors (Lipinski definition) is 5. The van der Waals surface area contributed by atoms with Crippen molar-refractivity contribution in [3.63, 3.8) is 0 Å². The van der Waals surface area contributed by atoms with E-state index in [0.29, 0.717) is 30.0 Å². The van der Waals surface area contributed by atoms with Crippen molar-refractivity contribution in [3.05, 3.63) is 92.6 Å². The van der Waals surface area contributed by atoms with Gasteiger partial charge in [-0.05, 0) is 116 Å². The molecule has 0 radical (unpaired) electrons. The molecule has 3 fully saturated rings. The molecule has 1 saturated carbocycles. The van der Waals surface area contributed by atoms with Crippen LogP contribution in [0, 0.1) is 42.4 Å². The van der Waals surface area contributed by atoms with Gasteiger partial charge in [-0.3, -0.25) is 9.59 Å². The minimum atomic E-state index is 0.130. The molecule has 7 heteroatoms. The number of amides is 1. The van der Waals surface area contributed by atoms with Gasteiger partial charge >= 0.3 is 0 Å². The lowest BCUT2D eigenvalue weighted by Gasteiger charge is -2.11. The van der Waals surface area contributed by atoms with E-state index in [-0.39, 0.29) is 23.5 Å². The molecule has 3 heterocycles. The smallest absolute Gasteiger partial charge is 0.224 e. The zero-order valence-electron chi connectivity index (χ0n) is 46.1. The summed E-state index contributed by atoms with van der Waals surface area (Å²) in [5, 5.41) is 2.95. The molecule has 1 aliphatic carbocycles. The molecule has 380 valence electrons. The Hall–Kier alpha value is -2.51. The van der Waals surface area contributed by atoms with Crippen LogP contribution < -0.4 is 0 Å². The highest BCUT2D eigenvalue weighted by atomic mass is 35.5. The van der Waals surface area contributed by atoms with Gasteiger partial charge < -0.3 is 14.4 Å². The third kappa shape index (κ3) is 33.9. The van der Waals surface area contributed by atoms with Crippen LogP contribution in [0.15, 0.2) is 66.0 Å². The van der Waals surface area contributed by atoms with Gasteiger partial charge in [-0.25, -0.2) is 0 Å². The predicted molar refractivity (Wildman–Crippen MR) is 293 cm³/mol. The summed E-state index contributed by atoms with van der Waals surface area (Å²) in [4.78, 5) is 24.0. The molecule has 2 aromatic carbocycles. The maximum atomic E-state index is 10.8.